The first-order valence-electron chi connectivity index (χ1n) is 12.0. The van der Waals surface area contributed by atoms with Crippen LogP contribution in [0.2, 0.25) is 0 Å². The quantitative estimate of drug-likeness (QED) is 0.452. The average molecular weight is 489 g/mol. The molecule has 2 aromatic carbocycles. The largest absolute Gasteiger partial charge is 0.497 e. The predicted molar refractivity (Wildman–Crippen MR) is 127 cm³/mol. The number of rotatable bonds is 7. The monoisotopic (exact) mass is 488 g/mol. The van der Waals surface area contributed by atoms with E-state index in [0.717, 1.165) is 62.2 Å². The molecule has 0 radical (unpaired) electrons. The maximum atomic E-state index is 13.3. The highest BCUT2D eigenvalue weighted by molar-refractivity contribution is 5.91. The lowest BCUT2D eigenvalue weighted by Crippen LogP contribution is -2.44. The zero-order valence-electron chi connectivity index (χ0n) is 19.7. The lowest BCUT2D eigenvalue weighted by molar-refractivity contribution is -0.117. The van der Waals surface area contributed by atoms with Crippen molar-refractivity contribution in [1.29, 1.82) is 0 Å². The SMILES string of the molecule is COc1ccc([C@@H]2CCN(C[C@@H]3CC[C@H](NC(=O)C=Cc4cc(F)c(F)c(F)c4)C3)C[C@@H]2O)cc1. The number of hydrogen-bond donors (Lipinski definition) is 2. The van der Waals surface area contributed by atoms with E-state index in [0.29, 0.717) is 12.5 Å². The minimum Gasteiger partial charge on any atom is -0.497 e. The highest BCUT2D eigenvalue weighted by Crippen LogP contribution is 2.32. The summed E-state index contributed by atoms with van der Waals surface area (Å²) in [6.07, 6.45) is 5.61. The van der Waals surface area contributed by atoms with Crippen molar-refractivity contribution in [1.82, 2.24) is 10.2 Å². The Bertz CT molecular complexity index is 1040. The number of carbonyl (C=O) groups excluding carboxylic acids is 1. The number of nitrogens with one attached hydrogen (secondary N) is 1. The zero-order chi connectivity index (χ0) is 24.9. The third-order valence-corrected chi connectivity index (χ3v) is 7.05. The second kappa shape index (κ2) is 11.3. The second-order valence-electron chi connectivity index (χ2n) is 9.51. The molecule has 0 unspecified atom stereocenters. The van der Waals surface area contributed by atoms with Crippen LogP contribution in [0.5, 0.6) is 5.75 Å². The fourth-order valence-corrected chi connectivity index (χ4v) is 5.23. The molecule has 1 aliphatic carbocycles. The Hall–Kier alpha value is -2.84. The van der Waals surface area contributed by atoms with Crippen molar-refractivity contribution < 1.29 is 27.8 Å². The molecule has 0 spiro atoms. The van der Waals surface area contributed by atoms with Crippen LogP contribution in [-0.2, 0) is 4.79 Å². The molecular weight excluding hydrogens is 457 g/mol. The molecule has 1 amide bonds. The van der Waals surface area contributed by atoms with Crippen LogP contribution in [0.4, 0.5) is 13.2 Å². The van der Waals surface area contributed by atoms with E-state index in [-0.39, 0.29) is 23.4 Å². The average Bonchev–Trinajstić information content (AvgIpc) is 3.27. The first-order valence-corrected chi connectivity index (χ1v) is 12.0. The van der Waals surface area contributed by atoms with E-state index >= 15 is 0 Å². The Morgan fingerprint density at radius 3 is 2.51 bits per heavy atom. The molecule has 1 saturated heterocycles. The zero-order valence-corrected chi connectivity index (χ0v) is 19.7. The topological polar surface area (TPSA) is 61.8 Å². The fourth-order valence-electron chi connectivity index (χ4n) is 5.23. The minimum atomic E-state index is -1.53. The number of piperidine rings is 1. The second-order valence-corrected chi connectivity index (χ2v) is 9.51. The van der Waals surface area contributed by atoms with Crippen LogP contribution >= 0.6 is 0 Å². The van der Waals surface area contributed by atoms with Crippen LogP contribution < -0.4 is 10.1 Å². The lowest BCUT2D eigenvalue weighted by atomic mass is 9.86. The first kappa shape index (κ1) is 25.3. The number of carbonyl (C=O) groups is 1. The van der Waals surface area contributed by atoms with Crippen molar-refractivity contribution in [3.8, 4) is 5.75 Å². The smallest absolute Gasteiger partial charge is 0.244 e. The van der Waals surface area contributed by atoms with Gasteiger partial charge >= 0.3 is 0 Å². The van der Waals surface area contributed by atoms with Gasteiger partial charge in [0.15, 0.2) is 17.5 Å². The van der Waals surface area contributed by atoms with Crippen LogP contribution in [0.1, 0.15) is 42.7 Å². The maximum Gasteiger partial charge on any atom is 0.244 e. The minimum absolute atomic E-state index is 0.0283. The number of amides is 1. The lowest BCUT2D eigenvalue weighted by Gasteiger charge is -2.37. The summed E-state index contributed by atoms with van der Waals surface area (Å²) in [6, 6.07) is 9.61. The van der Waals surface area contributed by atoms with E-state index in [2.05, 4.69) is 10.2 Å². The standard InChI is InChI=1S/C27H31F3N2O3/c1-35-21-7-4-19(5-8-21)22-10-11-32(16-25(22)33)15-18-2-6-20(12-18)31-26(34)9-3-17-13-23(28)27(30)24(29)14-17/h3-5,7-9,13-14,18,20,22,25,33H,2,6,10-12,15-16H2,1H3,(H,31,34)/t18-,20+,22+,25+/m1/s1. The van der Waals surface area contributed by atoms with Crippen LogP contribution in [0.3, 0.4) is 0 Å². The van der Waals surface area contributed by atoms with Crippen molar-refractivity contribution >= 4 is 12.0 Å². The number of aliphatic hydroxyl groups is 1. The van der Waals surface area contributed by atoms with Gasteiger partial charge in [0, 0.05) is 31.1 Å². The number of benzene rings is 2. The van der Waals surface area contributed by atoms with Gasteiger partial charge in [-0.05, 0) is 79.6 Å². The van der Waals surface area contributed by atoms with Crippen LogP contribution in [0, 0.1) is 23.4 Å². The summed E-state index contributed by atoms with van der Waals surface area (Å²) in [4.78, 5) is 14.6. The molecule has 4 rings (SSSR count). The van der Waals surface area contributed by atoms with Gasteiger partial charge < -0.3 is 20.1 Å². The van der Waals surface area contributed by atoms with Gasteiger partial charge in [-0.25, -0.2) is 13.2 Å². The maximum absolute atomic E-state index is 13.3. The summed E-state index contributed by atoms with van der Waals surface area (Å²) >= 11 is 0. The number of nitrogens with zero attached hydrogens (tertiary/aromatic N) is 1. The number of aliphatic hydroxyl groups excluding tert-OH is 1. The van der Waals surface area contributed by atoms with E-state index in [1.54, 1.807) is 7.11 Å². The summed E-state index contributed by atoms with van der Waals surface area (Å²) in [5, 5.41) is 13.7. The first-order chi connectivity index (χ1) is 16.8. The molecule has 8 heteroatoms. The number of β-amino-alcohol motifs (C(OH)–C–C–N with tert-alkyl or cyclic N) is 1. The molecule has 5 nitrogen and oxygen atoms in total. The highest BCUT2D eigenvalue weighted by Gasteiger charge is 2.32. The Balaban J connectivity index is 1.22. The number of methoxy groups -OCH3 is 1. The Morgan fingerprint density at radius 1 is 1.14 bits per heavy atom. The van der Waals surface area contributed by atoms with Gasteiger partial charge in [0.2, 0.25) is 5.91 Å². The van der Waals surface area contributed by atoms with Gasteiger partial charge in [-0.1, -0.05) is 12.1 Å². The number of hydrogen-bond acceptors (Lipinski definition) is 4. The van der Waals surface area contributed by atoms with Gasteiger partial charge in [0.05, 0.1) is 13.2 Å². The van der Waals surface area contributed by atoms with Gasteiger partial charge in [-0.2, -0.15) is 0 Å². The summed E-state index contributed by atoms with van der Waals surface area (Å²) in [6.45, 7) is 2.41. The Kier molecular flexibility index (Phi) is 8.13. The van der Waals surface area contributed by atoms with Gasteiger partial charge in [0.1, 0.15) is 5.75 Å². The normalized spacial score (nSPS) is 25.2. The van der Waals surface area contributed by atoms with Crippen molar-refractivity contribution in [2.75, 3.05) is 26.7 Å². The molecule has 4 atom stereocenters. The molecule has 1 aliphatic heterocycles. The molecule has 2 aliphatic rings. The molecule has 2 aromatic rings. The summed E-state index contributed by atoms with van der Waals surface area (Å²) in [5.74, 6) is -3.12. The molecule has 188 valence electrons. The van der Waals surface area contributed by atoms with E-state index in [1.165, 1.54) is 12.2 Å². The molecular formula is C27H31F3N2O3. The predicted octanol–water partition coefficient (Wildman–Crippen LogP) is 4.26. The van der Waals surface area contributed by atoms with Crippen molar-refractivity contribution in [3.63, 3.8) is 0 Å². The van der Waals surface area contributed by atoms with Crippen LogP contribution in [0.25, 0.3) is 6.08 Å². The molecule has 1 saturated carbocycles. The number of ether oxygens (including phenoxy) is 1. The van der Waals surface area contributed by atoms with Gasteiger partial charge in [-0.3, -0.25) is 4.79 Å². The summed E-state index contributed by atoms with van der Waals surface area (Å²) < 4.78 is 44.9. The van der Waals surface area contributed by atoms with E-state index < -0.39 is 23.6 Å². The third kappa shape index (κ3) is 6.44. The van der Waals surface area contributed by atoms with E-state index in [9.17, 15) is 23.1 Å². The number of likely N-dealkylation sites (tertiary alicyclic amines) is 1. The molecule has 0 aromatic heterocycles. The highest BCUT2D eigenvalue weighted by atomic mass is 19.2. The molecule has 2 N–H and O–H groups in total. The molecule has 1 heterocycles. The van der Waals surface area contributed by atoms with Gasteiger partial charge in [0.25, 0.3) is 0 Å². The Morgan fingerprint density at radius 2 is 1.86 bits per heavy atom. The van der Waals surface area contributed by atoms with E-state index in [4.69, 9.17) is 4.74 Å². The van der Waals surface area contributed by atoms with E-state index in [1.807, 2.05) is 24.3 Å². The Labute approximate surface area is 203 Å². The van der Waals surface area contributed by atoms with Crippen molar-refractivity contribution in [3.05, 3.63) is 71.1 Å². The number of halogens is 3. The van der Waals surface area contributed by atoms with Crippen molar-refractivity contribution in [2.45, 2.75) is 43.7 Å². The summed E-state index contributed by atoms with van der Waals surface area (Å²) in [5.41, 5.74) is 1.21. The molecule has 2 fully saturated rings. The fraction of sp³-hybridized carbons (Fsp3) is 0.444. The summed E-state index contributed by atoms with van der Waals surface area (Å²) in [7, 11) is 1.64. The van der Waals surface area contributed by atoms with Gasteiger partial charge in [-0.15, -0.1) is 0 Å². The molecule has 0 bridgehead atoms. The van der Waals surface area contributed by atoms with Crippen molar-refractivity contribution in [2.24, 2.45) is 5.92 Å². The third-order valence-electron chi connectivity index (χ3n) is 7.05. The molecule has 35 heavy (non-hydrogen) atoms. The van der Waals surface area contributed by atoms with Crippen LogP contribution in [0.15, 0.2) is 42.5 Å². The van der Waals surface area contributed by atoms with Crippen LogP contribution in [-0.4, -0.2) is 54.8 Å².